The SMILES string of the molecule is Cc1ccc(NC(=O)COc2ccc(Cl)cc2CNC(C)C(=O)O)cc1. The van der Waals surface area contributed by atoms with Crippen LogP contribution in [0.2, 0.25) is 5.02 Å². The molecule has 0 aliphatic rings. The van der Waals surface area contributed by atoms with E-state index in [9.17, 15) is 9.59 Å². The van der Waals surface area contributed by atoms with Crippen LogP contribution in [0.3, 0.4) is 0 Å². The summed E-state index contributed by atoms with van der Waals surface area (Å²) >= 11 is 6.00. The number of carbonyl (C=O) groups is 2. The number of amides is 1. The summed E-state index contributed by atoms with van der Waals surface area (Å²) in [5.74, 6) is -0.771. The molecule has 0 aliphatic carbocycles. The van der Waals surface area contributed by atoms with Crippen molar-refractivity contribution >= 4 is 29.2 Å². The second kappa shape index (κ2) is 9.22. The van der Waals surface area contributed by atoms with Crippen molar-refractivity contribution in [3.8, 4) is 5.75 Å². The van der Waals surface area contributed by atoms with Crippen LogP contribution in [0.25, 0.3) is 0 Å². The lowest BCUT2D eigenvalue weighted by atomic mass is 10.2. The number of carbonyl (C=O) groups excluding carboxylic acids is 1. The molecule has 0 fully saturated rings. The Kier molecular flexibility index (Phi) is 7.00. The lowest BCUT2D eigenvalue weighted by Crippen LogP contribution is -2.33. The number of anilines is 1. The molecular formula is C19H21ClN2O4. The van der Waals surface area contributed by atoms with Crippen molar-refractivity contribution in [3.63, 3.8) is 0 Å². The molecule has 0 radical (unpaired) electrons. The van der Waals surface area contributed by atoms with Crippen molar-refractivity contribution in [2.75, 3.05) is 11.9 Å². The topological polar surface area (TPSA) is 87.7 Å². The minimum absolute atomic E-state index is 0.170. The first-order valence-corrected chi connectivity index (χ1v) is 8.47. The van der Waals surface area contributed by atoms with Crippen molar-refractivity contribution in [3.05, 3.63) is 58.6 Å². The van der Waals surface area contributed by atoms with Crippen molar-refractivity contribution < 1.29 is 19.4 Å². The summed E-state index contributed by atoms with van der Waals surface area (Å²) in [6.07, 6.45) is 0. The molecule has 1 unspecified atom stereocenters. The molecule has 0 spiro atoms. The van der Waals surface area contributed by atoms with E-state index in [1.165, 1.54) is 0 Å². The number of halogens is 1. The number of rotatable bonds is 8. The molecule has 7 heteroatoms. The summed E-state index contributed by atoms with van der Waals surface area (Å²) in [6.45, 7) is 3.60. The van der Waals surface area contributed by atoms with Crippen LogP contribution in [0.1, 0.15) is 18.1 Å². The van der Waals surface area contributed by atoms with Crippen molar-refractivity contribution in [1.82, 2.24) is 5.32 Å². The molecule has 1 amide bonds. The lowest BCUT2D eigenvalue weighted by Gasteiger charge is -2.14. The first kappa shape index (κ1) is 19.8. The molecule has 2 rings (SSSR count). The number of benzene rings is 2. The van der Waals surface area contributed by atoms with Gasteiger partial charge in [-0.1, -0.05) is 29.3 Å². The monoisotopic (exact) mass is 376 g/mol. The molecule has 2 aromatic rings. The Bertz CT molecular complexity index is 778. The van der Waals surface area contributed by atoms with E-state index >= 15 is 0 Å². The van der Waals surface area contributed by atoms with E-state index in [0.29, 0.717) is 22.0 Å². The van der Waals surface area contributed by atoms with Crippen LogP contribution < -0.4 is 15.4 Å². The fourth-order valence-corrected chi connectivity index (χ4v) is 2.35. The number of ether oxygens (including phenoxy) is 1. The van der Waals surface area contributed by atoms with Gasteiger partial charge >= 0.3 is 5.97 Å². The summed E-state index contributed by atoms with van der Waals surface area (Å²) in [4.78, 5) is 23.0. The highest BCUT2D eigenvalue weighted by atomic mass is 35.5. The van der Waals surface area contributed by atoms with Gasteiger partial charge in [0.15, 0.2) is 6.61 Å². The molecule has 0 aromatic heterocycles. The highest BCUT2D eigenvalue weighted by Gasteiger charge is 2.13. The fourth-order valence-electron chi connectivity index (χ4n) is 2.15. The Labute approximate surface area is 157 Å². The third-order valence-corrected chi connectivity index (χ3v) is 3.92. The minimum Gasteiger partial charge on any atom is -0.483 e. The number of carboxylic acid groups (broad SMARTS) is 1. The molecule has 6 nitrogen and oxygen atoms in total. The zero-order valence-electron chi connectivity index (χ0n) is 14.6. The van der Waals surface area contributed by atoms with Crippen LogP contribution in [0.4, 0.5) is 5.69 Å². The summed E-state index contributed by atoms with van der Waals surface area (Å²) < 4.78 is 5.58. The zero-order chi connectivity index (χ0) is 19.1. The number of hydrogen-bond acceptors (Lipinski definition) is 4. The average Bonchev–Trinajstić information content (AvgIpc) is 2.60. The van der Waals surface area contributed by atoms with E-state index in [2.05, 4.69) is 10.6 Å². The van der Waals surface area contributed by atoms with Crippen molar-refractivity contribution in [2.45, 2.75) is 26.4 Å². The van der Waals surface area contributed by atoms with Gasteiger partial charge < -0.3 is 20.5 Å². The fraction of sp³-hybridized carbons (Fsp3) is 0.263. The Hall–Kier alpha value is -2.57. The Balaban J connectivity index is 1.96. The molecule has 1 atom stereocenters. The Morgan fingerprint density at radius 2 is 1.88 bits per heavy atom. The largest absolute Gasteiger partial charge is 0.483 e. The van der Waals surface area contributed by atoms with Crippen LogP contribution in [0, 0.1) is 6.92 Å². The predicted molar refractivity (Wildman–Crippen MR) is 101 cm³/mol. The van der Waals surface area contributed by atoms with E-state index in [1.54, 1.807) is 25.1 Å². The quantitative estimate of drug-likeness (QED) is 0.658. The van der Waals surface area contributed by atoms with Gasteiger partial charge in [-0.3, -0.25) is 9.59 Å². The smallest absolute Gasteiger partial charge is 0.320 e. The van der Waals surface area contributed by atoms with Crippen LogP contribution in [0.15, 0.2) is 42.5 Å². The molecule has 0 bridgehead atoms. The summed E-state index contributed by atoms with van der Waals surface area (Å²) in [6, 6.07) is 11.7. The third kappa shape index (κ3) is 6.06. The van der Waals surface area contributed by atoms with Gasteiger partial charge in [0, 0.05) is 22.8 Å². The highest BCUT2D eigenvalue weighted by Crippen LogP contribution is 2.23. The molecular weight excluding hydrogens is 356 g/mol. The van der Waals surface area contributed by atoms with E-state index in [0.717, 1.165) is 5.56 Å². The normalized spacial score (nSPS) is 11.7. The molecule has 138 valence electrons. The van der Waals surface area contributed by atoms with Crippen LogP contribution in [-0.4, -0.2) is 29.6 Å². The summed E-state index contributed by atoms with van der Waals surface area (Å²) in [5.41, 5.74) is 2.47. The molecule has 0 saturated heterocycles. The van der Waals surface area contributed by atoms with Gasteiger partial charge in [0.25, 0.3) is 5.91 Å². The number of nitrogens with one attached hydrogen (secondary N) is 2. The van der Waals surface area contributed by atoms with Gasteiger partial charge in [0.1, 0.15) is 11.8 Å². The zero-order valence-corrected chi connectivity index (χ0v) is 15.3. The molecule has 3 N–H and O–H groups in total. The van der Waals surface area contributed by atoms with Crippen molar-refractivity contribution in [1.29, 1.82) is 0 Å². The minimum atomic E-state index is -0.952. The molecule has 0 aliphatic heterocycles. The molecule has 0 saturated carbocycles. The predicted octanol–water partition coefficient (Wildman–Crippen LogP) is 3.23. The maximum atomic E-state index is 12.0. The lowest BCUT2D eigenvalue weighted by molar-refractivity contribution is -0.139. The van der Waals surface area contributed by atoms with E-state index < -0.39 is 12.0 Å². The standard InChI is InChI=1S/C19H21ClN2O4/c1-12-3-6-16(7-4-12)22-18(23)11-26-17-8-5-15(20)9-14(17)10-21-13(2)19(24)25/h3-9,13,21H,10-11H2,1-2H3,(H,22,23)(H,24,25). The Morgan fingerprint density at radius 3 is 2.54 bits per heavy atom. The first-order valence-electron chi connectivity index (χ1n) is 8.09. The van der Waals surface area contributed by atoms with Crippen LogP contribution >= 0.6 is 11.6 Å². The van der Waals surface area contributed by atoms with Crippen molar-refractivity contribution in [2.24, 2.45) is 0 Å². The molecule has 2 aromatic carbocycles. The first-order chi connectivity index (χ1) is 12.3. The van der Waals surface area contributed by atoms with Gasteiger partial charge in [-0.2, -0.15) is 0 Å². The van der Waals surface area contributed by atoms with E-state index in [1.807, 2.05) is 31.2 Å². The number of hydrogen-bond donors (Lipinski definition) is 3. The maximum Gasteiger partial charge on any atom is 0.320 e. The highest BCUT2D eigenvalue weighted by molar-refractivity contribution is 6.30. The van der Waals surface area contributed by atoms with Gasteiger partial charge in [-0.15, -0.1) is 0 Å². The van der Waals surface area contributed by atoms with Gasteiger partial charge in [0.05, 0.1) is 0 Å². The van der Waals surface area contributed by atoms with E-state index in [-0.39, 0.29) is 19.1 Å². The van der Waals surface area contributed by atoms with Gasteiger partial charge in [-0.05, 0) is 44.2 Å². The third-order valence-electron chi connectivity index (χ3n) is 3.69. The molecule has 0 heterocycles. The second-order valence-corrected chi connectivity index (χ2v) is 6.33. The van der Waals surface area contributed by atoms with E-state index in [4.69, 9.17) is 21.4 Å². The maximum absolute atomic E-state index is 12.0. The van der Waals surface area contributed by atoms with Gasteiger partial charge in [0.2, 0.25) is 0 Å². The number of aliphatic carboxylic acids is 1. The molecule has 26 heavy (non-hydrogen) atoms. The number of carboxylic acids is 1. The Morgan fingerprint density at radius 1 is 1.19 bits per heavy atom. The van der Waals surface area contributed by atoms with Crippen LogP contribution in [0.5, 0.6) is 5.75 Å². The van der Waals surface area contributed by atoms with Gasteiger partial charge in [-0.25, -0.2) is 0 Å². The average molecular weight is 377 g/mol. The van der Waals surface area contributed by atoms with Crippen LogP contribution in [-0.2, 0) is 16.1 Å². The summed E-state index contributed by atoms with van der Waals surface area (Å²) in [7, 11) is 0. The summed E-state index contributed by atoms with van der Waals surface area (Å²) in [5, 5.41) is 15.1. The second-order valence-electron chi connectivity index (χ2n) is 5.90. The number of aryl methyl sites for hydroxylation is 1.